The number of carbonyl (C=O) groups excluding carboxylic acids is 3. The van der Waals surface area contributed by atoms with Crippen molar-refractivity contribution in [2.75, 3.05) is 18.7 Å². The number of ether oxygens (including phenoxy) is 1. The van der Waals surface area contributed by atoms with Crippen LogP contribution in [0.25, 0.3) is 0 Å². The van der Waals surface area contributed by atoms with Crippen molar-refractivity contribution >= 4 is 23.4 Å². The maximum atomic E-state index is 13.4. The molecule has 32 heavy (non-hydrogen) atoms. The largest absolute Gasteiger partial charge is 0.497 e. The lowest BCUT2D eigenvalue weighted by atomic mass is 9.63. The highest BCUT2D eigenvalue weighted by Gasteiger charge is 2.67. The third-order valence-corrected chi connectivity index (χ3v) is 7.69. The number of anilines is 1. The first kappa shape index (κ1) is 19.3. The summed E-state index contributed by atoms with van der Waals surface area (Å²) in [4.78, 5) is 43.2. The molecule has 162 valence electrons. The minimum Gasteiger partial charge on any atom is -0.497 e. The van der Waals surface area contributed by atoms with Crippen LogP contribution in [0.2, 0.25) is 0 Å². The van der Waals surface area contributed by atoms with E-state index in [2.05, 4.69) is 12.2 Å². The van der Waals surface area contributed by atoms with Gasteiger partial charge < -0.3 is 4.74 Å². The molecule has 0 N–H and O–H groups in total. The highest BCUT2D eigenvalue weighted by Crippen LogP contribution is 2.65. The molecule has 0 spiro atoms. The minimum atomic E-state index is -0.272. The number of rotatable bonds is 5. The average molecular weight is 428 g/mol. The van der Waals surface area contributed by atoms with Crippen LogP contribution in [0.5, 0.6) is 5.75 Å². The predicted octanol–water partition coefficient (Wildman–Crippen LogP) is 3.35. The zero-order valence-corrected chi connectivity index (χ0v) is 17.8. The summed E-state index contributed by atoms with van der Waals surface area (Å²) >= 11 is 0. The molecule has 4 aliphatic carbocycles. The van der Waals surface area contributed by atoms with Crippen molar-refractivity contribution in [3.63, 3.8) is 0 Å². The monoisotopic (exact) mass is 428 g/mol. The van der Waals surface area contributed by atoms with Gasteiger partial charge in [-0.2, -0.15) is 0 Å². The van der Waals surface area contributed by atoms with Crippen molar-refractivity contribution in [2.45, 2.75) is 6.42 Å². The summed E-state index contributed by atoms with van der Waals surface area (Å²) in [5.74, 6) is 1.02. The van der Waals surface area contributed by atoms with Gasteiger partial charge in [-0.15, -0.1) is 0 Å². The summed E-state index contributed by atoms with van der Waals surface area (Å²) in [5, 5.41) is 0. The van der Waals surface area contributed by atoms with Gasteiger partial charge in [-0.25, -0.2) is 0 Å². The van der Waals surface area contributed by atoms with Gasteiger partial charge >= 0.3 is 0 Å². The number of nitrogens with zero attached hydrogens (tertiary/aromatic N) is 2. The number of carbonyl (C=O) groups is 3. The molecule has 2 aromatic rings. The van der Waals surface area contributed by atoms with E-state index in [9.17, 15) is 14.4 Å². The van der Waals surface area contributed by atoms with Crippen molar-refractivity contribution in [1.29, 1.82) is 0 Å². The molecular weight excluding hydrogens is 404 g/mol. The number of hydrogen-bond acceptors (Lipinski definition) is 4. The summed E-state index contributed by atoms with van der Waals surface area (Å²) in [6.45, 7) is -0.0838. The van der Waals surface area contributed by atoms with Crippen LogP contribution in [-0.4, -0.2) is 36.4 Å². The highest BCUT2D eigenvalue weighted by atomic mass is 16.5. The summed E-state index contributed by atoms with van der Waals surface area (Å²) in [6, 6.07) is 16.0. The van der Waals surface area contributed by atoms with E-state index in [1.165, 1.54) is 9.80 Å². The fraction of sp³-hybridized carbons (Fsp3) is 0.346. The summed E-state index contributed by atoms with van der Waals surface area (Å²) < 4.78 is 5.24. The van der Waals surface area contributed by atoms with E-state index in [0.717, 1.165) is 6.42 Å². The van der Waals surface area contributed by atoms with E-state index in [4.69, 9.17) is 4.74 Å². The molecule has 7 rings (SSSR count). The number of hydrogen-bond donors (Lipinski definition) is 0. The first-order valence-electron chi connectivity index (χ1n) is 11.1. The van der Waals surface area contributed by atoms with E-state index in [-0.39, 0.29) is 48.1 Å². The first-order valence-corrected chi connectivity index (χ1v) is 11.1. The lowest BCUT2D eigenvalue weighted by Crippen LogP contribution is -2.45. The number of imide groups is 1. The highest BCUT2D eigenvalue weighted by molar-refractivity contribution is 6.09. The van der Waals surface area contributed by atoms with Crippen molar-refractivity contribution < 1.29 is 19.1 Å². The smallest absolute Gasteiger partial charge is 0.259 e. The molecule has 6 heteroatoms. The Kier molecular flexibility index (Phi) is 4.25. The lowest BCUT2D eigenvalue weighted by Gasteiger charge is -2.37. The Hall–Kier alpha value is -3.41. The van der Waals surface area contributed by atoms with Gasteiger partial charge in [0.1, 0.15) is 12.4 Å². The van der Waals surface area contributed by atoms with Crippen LogP contribution in [-0.2, 0) is 9.59 Å². The second kappa shape index (κ2) is 7.05. The van der Waals surface area contributed by atoms with Crippen LogP contribution < -0.4 is 9.64 Å². The summed E-state index contributed by atoms with van der Waals surface area (Å²) in [6.07, 6.45) is 5.44. The zero-order chi connectivity index (χ0) is 22.0. The van der Waals surface area contributed by atoms with Gasteiger partial charge in [0, 0.05) is 11.3 Å². The third kappa shape index (κ3) is 2.75. The maximum absolute atomic E-state index is 13.4. The number of allylic oxidation sites excluding steroid dienone is 2. The quantitative estimate of drug-likeness (QED) is 0.541. The standard InChI is InChI=1S/C26H24N2O4/c1-32-17-9-7-16(8-10-17)27(24(29)15-5-3-2-4-6-15)14-28-25(30)22-18-11-12-19(21-13-20(18)21)23(22)26(28)31/h2-12,18-23H,13-14H2,1H3. The molecule has 6 atom stereocenters. The Morgan fingerprint density at radius 1 is 0.938 bits per heavy atom. The molecule has 6 nitrogen and oxygen atoms in total. The molecule has 5 aliphatic rings. The zero-order valence-electron chi connectivity index (χ0n) is 17.8. The van der Waals surface area contributed by atoms with E-state index < -0.39 is 0 Å². The van der Waals surface area contributed by atoms with Crippen molar-refractivity contribution in [1.82, 2.24) is 4.90 Å². The molecule has 2 saturated carbocycles. The van der Waals surface area contributed by atoms with Crippen LogP contribution in [0, 0.1) is 35.5 Å². The number of benzene rings is 2. The molecule has 0 aromatic heterocycles. The van der Waals surface area contributed by atoms with Gasteiger partial charge in [-0.3, -0.25) is 24.2 Å². The number of amides is 3. The SMILES string of the molecule is COc1ccc(N(CN2C(=O)C3C4C=CC(C5CC45)C3C2=O)C(=O)c2ccccc2)cc1. The topological polar surface area (TPSA) is 66.9 Å². The van der Waals surface area contributed by atoms with Gasteiger partial charge in [0.2, 0.25) is 11.8 Å². The van der Waals surface area contributed by atoms with Crippen LogP contribution in [0.4, 0.5) is 5.69 Å². The van der Waals surface area contributed by atoms with E-state index in [1.807, 2.05) is 6.07 Å². The fourth-order valence-corrected chi connectivity index (χ4v) is 6.06. The molecule has 6 unspecified atom stereocenters. The lowest BCUT2D eigenvalue weighted by molar-refractivity contribution is -0.140. The molecule has 2 aromatic carbocycles. The summed E-state index contributed by atoms with van der Waals surface area (Å²) in [7, 11) is 1.58. The van der Waals surface area contributed by atoms with Crippen molar-refractivity contribution in [2.24, 2.45) is 35.5 Å². The second-order valence-electron chi connectivity index (χ2n) is 9.20. The third-order valence-electron chi connectivity index (χ3n) is 7.69. The van der Waals surface area contributed by atoms with Gasteiger partial charge in [0.15, 0.2) is 0 Å². The minimum absolute atomic E-state index is 0.0838. The fourth-order valence-electron chi connectivity index (χ4n) is 6.06. The second-order valence-corrected chi connectivity index (χ2v) is 9.20. The number of likely N-dealkylation sites (tertiary alicyclic amines) is 1. The Bertz CT molecular complexity index is 1090. The Labute approximate surface area is 186 Å². The Morgan fingerprint density at radius 2 is 1.53 bits per heavy atom. The molecule has 3 fully saturated rings. The Morgan fingerprint density at radius 3 is 2.09 bits per heavy atom. The van der Waals surface area contributed by atoms with Crippen LogP contribution in [0.3, 0.4) is 0 Å². The molecular formula is C26H24N2O4. The van der Waals surface area contributed by atoms with E-state index in [1.54, 1.807) is 55.6 Å². The number of methoxy groups -OCH3 is 1. The Balaban J connectivity index is 1.33. The van der Waals surface area contributed by atoms with Gasteiger partial charge in [0.05, 0.1) is 18.9 Å². The molecule has 1 heterocycles. The first-order chi connectivity index (χ1) is 15.6. The molecule has 1 saturated heterocycles. The van der Waals surface area contributed by atoms with Gasteiger partial charge in [0.25, 0.3) is 5.91 Å². The van der Waals surface area contributed by atoms with Crippen LogP contribution in [0.1, 0.15) is 16.8 Å². The molecule has 2 bridgehead atoms. The summed E-state index contributed by atoms with van der Waals surface area (Å²) in [5.41, 5.74) is 1.11. The van der Waals surface area contributed by atoms with Crippen molar-refractivity contribution in [3.05, 3.63) is 72.3 Å². The van der Waals surface area contributed by atoms with Gasteiger partial charge in [-0.05, 0) is 66.5 Å². The normalized spacial score (nSPS) is 31.3. The maximum Gasteiger partial charge on any atom is 0.259 e. The van der Waals surface area contributed by atoms with Crippen molar-refractivity contribution in [3.8, 4) is 5.75 Å². The van der Waals surface area contributed by atoms with E-state index >= 15 is 0 Å². The van der Waals surface area contributed by atoms with E-state index in [0.29, 0.717) is 28.8 Å². The van der Waals surface area contributed by atoms with Crippen LogP contribution in [0.15, 0.2) is 66.7 Å². The molecule has 1 aliphatic heterocycles. The molecule has 3 amide bonds. The van der Waals surface area contributed by atoms with Crippen LogP contribution >= 0.6 is 0 Å². The molecule has 0 radical (unpaired) electrons. The predicted molar refractivity (Wildman–Crippen MR) is 118 cm³/mol. The van der Waals surface area contributed by atoms with Gasteiger partial charge in [-0.1, -0.05) is 30.4 Å². The average Bonchev–Trinajstić information content (AvgIpc) is 3.63.